The molecule has 0 bridgehead atoms. The van der Waals surface area contributed by atoms with Gasteiger partial charge in [0.25, 0.3) is 5.56 Å². The van der Waals surface area contributed by atoms with Gasteiger partial charge in [-0.15, -0.1) is 0 Å². The fraction of sp³-hybridized carbons (Fsp3) is 0.321. The second-order valence-corrected chi connectivity index (χ2v) is 9.31. The number of hydrogen-bond donors (Lipinski definition) is 1. The third-order valence-electron chi connectivity index (χ3n) is 6.88. The smallest absolute Gasteiger partial charge is 0.329 e. The zero-order valence-electron chi connectivity index (χ0n) is 20.5. The molecule has 5 rings (SSSR count). The van der Waals surface area contributed by atoms with E-state index in [1.165, 1.54) is 6.33 Å². The fourth-order valence-corrected chi connectivity index (χ4v) is 4.99. The molecule has 37 heavy (non-hydrogen) atoms. The minimum atomic E-state index is -1.01. The first kappa shape index (κ1) is 24.4. The summed E-state index contributed by atoms with van der Waals surface area (Å²) in [5, 5.41) is 22.8. The lowest BCUT2D eigenvalue weighted by molar-refractivity contribution is -0.147. The zero-order chi connectivity index (χ0) is 25.9. The van der Waals surface area contributed by atoms with Crippen LogP contribution in [0.15, 0.2) is 59.7 Å². The maximum atomic E-state index is 13.9. The van der Waals surface area contributed by atoms with Gasteiger partial charge >= 0.3 is 5.97 Å². The van der Waals surface area contributed by atoms with Gasteiger partial charge in [-0.3, -0.25) is 9.36 Å². The minimum Gasteiger partial charge on any atom is -0.480 e. The van der Waals surface area contributed by atoms with Gasteiger partial charge in [0.15, 0.2) is 0 Å². The Morgan fingerprint density at radius 3 is 2.65 bits per heavy atom. The molecule has 0 saturated heterocycles. The fourth-order valence-electron chi connectivity index (χ4n) is 4.99. The number of nitriles is 1. The van der Waals surface area contributed by atoms with Crippen LogP contribution >= 0.6 is 0 Å². The highest BCUT2D eigenvalue weighted by Gasteiger charge is 2.35. The Labute approximate surface area is 213 Å². The van der Waals surface area contributed by atoms with Gasteiger partial charge < -0.3 is 9.84 Å². The summed E-state index contributed by atoms with van der Waals surface area (Å²) in [5.41, 5.74) is 4.86. The van der Waals surface area contributed by atoms with Crippen LogP contribution in [0.25, 0.3) is 16.9 Å². The zero-order valence-corrected chi connectivity index (χ0v) is 20.5. The topological polar surface area (TPSA) is 123 Å². The van der Waals surface area contributed by atoms with E-state index in [2.05, 4.69) is 23.1 Å². The van der Waals surface area contributed by atoms with E-state index in [4.69, 9.17) is 9.84 Å². The number of carboxylic acid groups (broad SMARTS) is 1. The van der Waals surface area contributed by atoms with Crippen molar-refractivity contribution in [3.8, 4) is 17.2 Å². The Balaban J connectivity index is 1.48. The van der Waals surface area contributed by atoms with Crippen LogP contribution < -0.4 is 5.56 Å². The normalized spacial score (nSPS) is 16.9. The van der Waals surface area contributed by atoms with Gasteiger partial charge in [-0.25, -0.2) is 9.31 Å². The standard InChI is InChI=1S/C28H27N5O4/c1-2-5-25-24(12-18-8-10-19(11-9-18)23-7-4-3-6-20(23)15-29)27(36)32(28-30-17-31-33(25)28)21-13-22(14-21)37-16-26(34)35/h3-4,6-11,17,21-22H,2,5,12-14,16H2,1H3,(H,34,35)/t21-,22+. The molecule has 2 heterocycles. The molecular formula is C28H27N5O4. The molecule has 1 fully saturated rings. The molecule has 0 atom stereocenters. The Bertz CT molecular complexity index is 1540. The summed E-state index contributed by atoms with van der Waals surface area (Å²) in [5.74, 6) is -0.504. The molecule has 0 radical (unpaired) electrons. The van der Waals surface area contributed by atoms with Crippen LogP contribution in [0.4, 0.5) is 0 Å². The second-order valence-electron chi connectivity index (χ2n) is 9.31. The molecule has 1 saturated carbocycles. The van der Waals surface area contributed by atoms with Crippen molar-refractivity contribution in [2.24, 2.45) is 0 Å². The summed E-state index contributed by atoms with van der Waals surface area (Å²) < 4.78 is 8.86. The molecule has 4 aromatic rings. The first-order chi connectivity index (χ1) is 18.0. The van der Waals surface area contributed by atoms with Gasteiger partial charge in [0, 0.05) is 18.0 Å². The summed E-state index contributed by atoms with van der Waals surface area (Å²) >= 11 is 0. The van der Waals surface area contributed by atoms with Crippen molar-refractivity contribution in [2.75, 3.05) is 6.61 Å². The predicted octanol–water partition coefficient (Wildman–Crippen LogP) is 3.78. The van der Waals surface area contributed by atoms with Crippen molar-refractivity contribution < 1.29 is 14.6 Å². The molecule has 2 aromatic heterocycles. The number of ether oxygens (including phenoxy) is 1. The maximum absolute atomic E-state index is 13.9. The van der Waals surface area contributed by atoms with E-state index in [9.17, 15) is 14.9 Å². The Kier molecular flexibility index (Phi) is 6.84. The molecular weight excluding hydrogens is 470 g/mol. The molecule has 2 aromatic carbocycles. The molecule has 1 aliphatic rings. The number of hydrogen-bond acceptors (Lipinski definition) is 6. The third-order valence-corrected chi connectivity index (χ3v) is 6.88. The molecule has 188 valence electrons. The maximum Gasteiger partial charge on any atom is 0.329 e. The molecule has 0 amide bonds. The number of aromatic nitrogens is 4. The van der Waals surface area contributed by atoms with E-state index < -0.39 is 5.97 Å². The lowest BCUT2D eigenvalue weighted by atomic mass is 9.88. The van der Waals surface area contributed by atoms with Crippen LogP contribution in [-0.4, -0.2) is 43.0 Å². The van der Waals surface area contributed by atoms with Crippen LogP contribution in [0.2, 0.25) is 0 Å². The Morgan fingerprint density at radius 1 is 1.19 bits per heavy atom. The van der Waals surface area contributed by atoms with Gasteiger partial charge in [-0.1, -0.05) is 55.8 Å². The van der Waals surface area contributed by atoms with Crippen molar-refractivity contribution in [1.82, 2.24) is 19.2 Å². The average Bonchev–Trinajstić information content (AvgIpc) is 3.36. The van der Waals surface area contributed by atoms with Gasteiger partial charge in [-0.05, 0) is 42.0 Å². The van der Waals surface area contributed by atoms with Gasteiger partial charge in [-0.2, -0.15) is 15.3 Å². The van der Waals surface area contributed by atoms with Gasteiger partial charge in [0.2, 0.25) is 5.78 Å². The quantitative estimate of drug-likeness (QED) is 0.373. The van der Waals surface area contributed by atoms with E-state index in [0.717, 1.165) is 28.8 Å². The average molecular weight is 498 g/mol. The monoisotopic (exact) mass is 497 g/mol. The highest BCUT2D eigenvalue weighted by molar-refractivity contribution is 5.70. The Hall–Kier alpha value is -4.29. The van der Waals surface area contributed by atoms with E-state index >= 15 is 0 Å². The molecule has 0 aliphatic heterocycles. The molecule has 9 nitrogen and oxygen atoms in total. The highest BCUT2D eigenvalue weighted by atomic mass is 16.5. The van der Waals surface area contributed by atoms with Crippen molar-refractivity contribution in [3.63, 3.8) is 0 Å². The summed E-state index contributed by atoms with van der Waals surface area (Å²) in [4.78, 5) is 29.1. The van der Waals surface area contributed by atoms with Gasteiger partial charge in [0.1, 0.15) is 12.9 Å². The van der Waals surface area contributed by atoms with Gasteiger partial charge in [0.05, 0.1) is 23.4 Å². The third kappa shape index (κ3) is 4.76. The minimum absolute atomic E-state index is 0.0930. The lowest BCUT2D eigenvalue weighted by Gasteiger charge is -2.36. The summed E-state index contributed by atoms with van der Waals surface area (Å²) in [7, 11) is 0. The summed E-state index contributed by atoms with van der Waals surface area (Å²) in [6.07, 6.45) is 4.35. The first-order valence-electron chi connectivity index (χ1n) is 12.4. The number of rotatable bonds is 9. The number of carboxylic acids is 1. The molecule has 1 N–H and O–H groups in total. The molecule has 0 spiro atoms. The van der Waals surface area contributed by atoms with E-state index in [1.807, 2.05) is 42.5 Å². The van der Waals surface area contributed by atoms with E-state index in [1.54, 1.807) is 15.1 Å². The second kappa shape index (κ2) is 10.4. The summed E-state index contributed by atoms with van der Waals surface area (Å²) in [6, 6.07) is 17.5. The highest BCUT2D eigenvalue weighted by Crippen LogP contribution is 2.35. The number of fused-ring (bicyclic) bond motifs is 1. The Morgan fingerprint density at radius 2 is 1.95 bits per heavy atom. The van der Waals surface area contributed by atoms with Crippen LogP contribution in [0.3, 0.4) is 0 Å². The van der Waals surface area contributed by atoms with Crippen LogP contribution in [0, 0.1) is 11.3 Å². The number of nitrogens with zero attached hydrogens (tertiary/aromatic N) is 5. The van der Waals surface area contributed by atoms with Crippen molar-refractivity contribution in [3.05, 3.63) is 87.6 Å². The van der Waals surface area contributed by atoms with Crippen molar-refractivity contribution in [1.29, 1.82) is 5.26 Å². The van der Waals surface area contributed by atoms with E-state index in [0.29, 0.717) is 42.6 Å². The lowest BCUT2D eigenvalue weighted by Crippen LogP contribution is -2.41. The number of aliphatic carboxylic acids is 1. The van der Waals surface area contributed by atoms with Crippen LogP contribution in [-0.2, 0) is 22.4 Å². The largest absolute Gasteiger partial charge is 0.480 e. The van der Waals surface area contributed by atoms with Crippen molar-refractivity contribution >= 4 is 11.7 Å². The van der Waals surface area contributed by atoms with Crippen LogP contribution in [0.5, 0.6) is 0 Å². The number of aryl methyl sites for hydroxylation is 1. The number of carbonyl (C=O) groups is 1. The number of benzene rings is 2. The SMILES string of the molecule is CCCc1c(Cc2ccc(-c3ccccc3C#N)cc2)c(=O)n([C@H]2C[C@@H](OCC(=O)O)C2)c2ncnn12. The van der Waals surface area contributed by atoms with Crippen LogP contribution in [0.1, 0.15) is 54.6 Å². The molecule has 1 aliphatic carbocycles. The molecule has 0 unspecified atom stereocenters. The first-order valence-corrected chi connectivity index (χ1v) is 12.4. The predicted molar refractivity (Wildman–Crippen MR) is 136 cm³/mol. The summed E-state index contributed by atoms with van der Waals surface area (Å²) in [6.45, 7) is 1.72. The van der Waals surface area contributed by atoms with Crippen molar-refractivity contribution in [2.45, 2.75) is 51.2 Å². The van der Waals surface area contributed by atoms with E-state index in [-0.39, 0.29) is 24.3 Å². The molecule has 9 heteroatoms.